The van der Waals surface area contributed by atoms with Gasteiger partial charge in [-0.3, -0.25) is 14.8 Å². The van der Waals surface area contributed by atoms with Gasteiger partial charge in [-0.05, 0) is 35.4 Å². The number of H-pyrrole nitrogens is 1. The van der Waals surface area contributed by atoms with Gasteiger partial charge in [0.25, 0.3) is 0 Å². The van der Waals surface area contributed by atoms with Crippen molar-refractivity contribution in [3.05, 3.63) is 94.5 Å². The minimum absolute atomic E-state index is 0.0717. The van der Waals surface area contributed by atoms with Crippen molar-refractivity contribution in [2.45, 2.75) is 39.0 Å². The summed E-state index contributed by atoms with van der Waals surface area (Å²) in [6.45, 7) is 4.18. The van der Waals surface area contributed by atoms with Crippen molar-refractivity contribution in [3.8, 4) is 17.3 Å². The molecule has 0 spiro atoms. The zero-order valence-electron chi connectivity index (χ0n) is 19.4. The second-order valence-corrected chi connectivity index (χ2v) is 9.08. The van der Waals surface area contributed by atoms with Crippen molar-refractivity contribution >= 4 is 11.6 Å². The normalized spacial score (nSPS) is 20.4. The Kier molecular flexibility index (Phi) is 5.54. The van der Waals surface area contributed by atoms with Gasteiger partial charge in [0.2, 0.25) is 0 Å². The average Bonchev–Trinajstić information content (AvgIpc) is 3.33. The van der Waals surface area contributed by atoms with Crippen LogP contribution in [0.2, 0.25) is 0 Å². The Labute approximate surface area is 199 Å². The number of hydrogen-bond donors (Lipinski definition) is 2. The van der Waals surface area contributed by atoms with Gasteiger partial charge in [0.15, 0.2) is 11.6 Å². The summed E-state index contributed by atoms with van der Waals surface area (Å²) in [5, 5.41) is 17.8. The predicted molar refractivity (Wildman–Crippen MR) is 132 cm³/mol. The van der Waals surface area contributed by atoms with E-state index in [0.29, 0.717) is 35.6 Å². The summed E-state index contributed by atoms with van der Waals surface area (Å²) in [7, 11) is 0. The maximum absolute atomic E-state index is 13.4. The Bertz CT molecular complexity index is 1340. The fourth-order valence-corrected chi connectivity index (χ4v) is 5.05. The molecule has 0 bridgehead atoms. The molecule has 5 rings (SSSR count). The van der Waals surface area contributed by atoms with Crippen molar-refractivity contribution in [1.82, 2.24) is 10.2 Å². The molecule has 1 aromatic heterocycles. The number of nitriles is 1. The number of benzene rings is 2. The number of aromatic amines is 1. The molecular weight excluding hydrogens is 422 g/mol. The maximum Gasteiger partial charge on any atom is 0.161 e. The molecule has 0 saturated carbocycles. The number of aryl methyl sites for hydroxylation is 1. The van der Waals surface area contributed by atoms with Gasteiger partial charge < -0.3 is 5.73 Å². The minimum Gasteiger partial charge on any atom is -0.384 e. The number of allylic oxidation sites excluding steroid dienone is 3. The van der Waals surface area contributed by atoms with Gasteiger partial charge in [-0.2, -0.15) is 10.4 Å². The summed E-state index contributed by atoms with van der Waals surface area (Å²) >= 11 is 0. The number of nitrogens with one attached hydrogen (secondary N) is 1. The lowest BCUT2D eigenvalue weighted by Crippen LogP contribution is -2.40. The molecule has 3 N–H and O–H groups in total. The standard InChI is InChI=1S/C28H27N5O/c1-3-18-9-11-20(12-10-18)26-21(16-29)28(30)33(23-13-17(2)14-24(34)27(23)26)25-15-22(31-32-25)19-7-5-4-6-8-19/h4-12,15,17,26H,3,13-14,30H2,1-2H3,(H,31,32). The molecule has 0 amide bonds. The summed E-state index contributed by atoms with van der Waals surface area (Å²) in [4.78, 5) is 15.2. The molecule has 2 heterocycles. The summed E-state index contributed by atoms with van der Waals surface area (Å²) in [5.74, 6) is 0.704. The van der Waals surface area contributed by atoms with E-state index in [1.54, 1.807) is 4.90 Å². The third kappa shape index (κ3) is 3.60. The van der Waals surface area contributed by atoms with E-state index >= 15 is 0 Å². The third-order valence-corrected chi connectivity index (χ3v) is 6.77. The molecule has 1 aliphatic carbocycles. The molecule has 170 valence electrons. The molecule has 2 aromatic carbocycles. The van der Waals surface area contributed by atoms with Crippen LogP contribution in [-0.2, 0) is 11.2 Å². The fraction of sp³-hybridized carbons (Fsp3) is 0.250. The Hall–Kier alpha value is -4.11. The molecule has 34 heavy (non-hydrogen) atoms. The van der Waals surface area contributed by atoms with Gasteiger partial charge in [0.05, 0.1) is 23.3 Å². The first-order valence-corrected chi connectivity index (χ1v) is 11.7. The summed E-state index contributed by atoms with van der Waals surface area (Å²) in [5.41, 5.74) is 12.5. The van der Waals surface area contributed by atoms with Gasteiger partial charge >= 0.3 is 0 Å². The van der Waals surface area contributed by atoms with Gasteiger partial charge in [-0.25, -0.2) is 0 Å². The van der Waals surface area contributed by atoms with Crippen molar-refractivity contribution in [1.29, 1.82) is 5.26 Å². The highest BCUT2D eigenvalue weighted by Crippen LogP contribution is 2.47. The van der Waals surface area contributed by atoms with Crippen LogP contribution < -0.4 is 10.6 Å². The van der Waals surface area contributed by atoms with E-state index in [2.05, 4.69) is 42.2 Å². The summed E-state index contributed by atoms with van der Waals surface area (Å²) < 4.78 is 0. The molecule has 6 heteroatoms. The molecule has 2 aliphatic rings. The van der Waals surface area contributed by atoms with E-state index in [9.17, 15) is 10.1 Å². The number of aromatic nitrogens is 2. The number of carbonyl (C=O) groups excluding carboxylic acids is 1. The monoisotopic (exact) mass is 449 g/mol. The fourth-order valence-electron chi connectivity index (χ4n) is 5.05. The number of nitrogens with two attached hydrogens (primary N) is 1. The molecular formula is C28H27N5O. The maximum atomic E-state index is 13.4. The number of Topliss-reactive ketones (excluding diaryl/α,β-unsaturated/α-hetero) is 1. The second-order valence-electron chi connectivity index (χ2n) is 9.08. The molecule has 3 aromatic rings. The van der Waals surface area contributed by atoms with Crippen molar-refractivity contribution in [2.75, 3.05) is 4.90 Å². The minimum atomic E-state index is -0.463. The van der Waals surface area contributed by atoms with Gasteiger partial charge in [-0.15, -0.1) is 0 Å². The first kappa shape index (κ1) is 21.7. The lowest BCUT2D eigenvalue weighted by Gasteiger charge is -2.40. The number of ketones is 1. The lowest BCUT2D eigenvalue weighted by atomic mass is 9.73. The van der Waals surface area contributed by atoms with Crippen LogP contribution in [0.1, 0.15) is 43.7 Å². The van der Waals surface area contributed by atoms with Crippen molar-refractivity contribution in [3.63, 3.8) is 0 Å². The van der Waals surface area contributed by atoms with Gasteiger partial charge in [-0.1, -0.05) is 68.4 Å². The quantitative estimate of drug-likeness (QED) is 0.571. The van der Waals surface area contributed by atoms with Gasteiger partial charge in [0, 0.05) is 23.8 Å². The van der Waals surface area contributed by atoms with E-state index in [1.165, 1.54) is 5.56 Å². The Morgan fingerprint density at radius 2 is 1.88 bits per heavy atom. The zero-order valence-corrected chi connectivity index (χ0v) is 19.4. The number of rotatable bonds is 4. The molecule has 6 nitrogen and oxygen atoms in total. The van der Waals surface area contributed by atoms with Crippen LogP contribution in [0.5, 0.6) is 0 Å². The molecule has 0 saturated heterocycles. The average molecular weight is 450 g/mol. The largest absolute Gasteiger partial charge is 0.384 e. The third-order valence-electron chi connectivity index (χ3n) is 6.77. The Morgan fingerprint density at radius 1 is 1.15 bits per heavy atom. The summed E-state index contributed by atoms with van der Waals surface area (Å²) in [6, 6.07) is 22.3. The highest BCUT2D eigenvalue weighted by atomic mass is 16.1. The SMILES string of the molecule is CCc1ccc(C2C(C#N)=C(N)N(c3cc(-c4ccccc4)[nH]n3)C3=C2C(=O)CC(C)C3)cc1. The van der Waals surface area contributed by atoms with E-state index in [1.807, 2.05) is 48.5 Å². The van der Waals surface area contributed by atoms with E-state index in [0.717, 1.165) is 28.9 Å². The Morgan fingerprint density at radius 3 is 2.56 bits per heavy atom. The van der Waals surface area contributed by atoms with E-state index < -0.39 is 5.92 Å². The highest BCUT2D eigenvalue weighted by Gasteiger charge is 2.42. The first-order valence-electron chi connectivity index (χ1n) is 11.7. The molecule has 0 radical (unpaired) electrons. The van der Waals surface area contributed by atoms with Crippen LogP contribution in [0.4, 0.5) is 5.82 Å². The predicted octanol–water partition coefficient (Wildman–Crippen LogP) is 5.19. The molecule has 1 aliphatic heterocycles. The van der Waals surface area contributed by atoms with Crippen LogP contribution in [0.15, 0.2) is 83.3 Å². The Balaban J connectivity index is 1.67. The zero-order chi connectivity index (χ0) is 23.8. The van der Waals surface area contributed by atoms with Crippen LogP contribution in [0.25, 0.3) is 11.3 Å². The first-order chi connectivity index (χ1) is 16.5. The van der Waals surface area contributed by atoms with Gasteiger partial charge in [0.1, 0.15) is 5.82 Å². The van der Waals surface area contributed by atoms with Crippen molar-refractivity contribution < 1.29 is 4.79 Å². The second kappa shape index (κ2) is 8.68. The van der Waals surface area contributed by atoms with Crippen molar-refractivity contribution in [2.24, 2.45) is 11.7 Å². The lowest BCUT2D eigenvalue weighted by molar-refractivity contribution is -0.117. The van der Waals surface area contributed by atoms with Crippen LogP contribution in [0.3, 0.4) is 0 Å². The van der Waals surface area contributed by atoms with E-state index in [-0.39, 0.29) is 11.7 Å². The summed E-state index contributed by atoms with van der Waals surface area (Å²) in [6.07, 6.45) is 2.08. The number of hydrogen-bond acceptors (Lipinski definition) is 5. The topological polar surface area (TPSA) is 98.8 Å². The smallest absolute Gasteiger partial charge is 0.161 e. The van der Waals surface area contributed by atoms with Crippen LogP contribution in [-0.4, -0.2) is 16.0 Å². The molecule has 2 unspecified atom stereocenters. The number of anilines is 1. The molecule has 0 fully saturated rings. The number of nitrogens with zero attached hydrogens (tertiary/aromatic N) is 3. The van der Waals surface area contributed by atoms with E-state index in [4.69, 9.17) is 5.73 Å². The highest BCUT2D eigenvalue weighted by molar-refractivity contribution is 6.01. The number of carbonyl (C=O) groups is 1. The molecule has 2 atom stereocenters. The van der Waals surface area contributed by atoms with Crippen LogP contribution >= 0.6 is 0 Å². The van der Waals surface area contributed by atoms with Crippen LogP contribution in [0, 0.1) is 17.2 Å².